The second-order valence-electron chi connectivity index (χ2n) is 6.19. The smallest absolute Gasteiger partial charge is 0.422 e. The quantitative estimate of drug-likeness (QED) is 0.848. The van der Waals surface area contributed by atoms with Crippen molar-refractivity contribution in [2.75, 3.05) is 6.61 Å². The number of fused-ring (bicyclic) bond motifs is 2. The number of nitrogens with zero attached hydrogens (tertiary/aromatic N) is 1. The normalized spacial score (nSPS) is 26.8. The third-order valence-corrected chi connectivity index (χ3v) is 6.58. The van der Waals surface area contributed by atoms with Gasteiger partial charge in [-0.1, -0.05) is 0 Å². The molecule has 138 valence electrons. The van der Waals surface area contributed by atoms with E-state index in [9.17, 15) is 31.5 Å². The Bertz CT molecular complexity index is 762. The van der Waals surface area contributed by atoms with Crippen molar-refractivity contribution < 1.29 is 36.2 Å². The molecular weight excluding hydrogens is 363 g/mol. The van der Waals surface area contributed by atoms with Gasteiger partial charge in [-0.05, 0) is 43.5 Å². The van der Waals surface area contributed by atoms with E-state index in [1.54, 1.807) is 0 Å². The zero-order valence-electron chi connectivity index (χ0n) is 12.9. The number of alkyl halides is 3. The molecule has 25 heavy (non-hydrogen) atoms. The highest BCUT2D eigenvalue weighted by atomic mass is 32.2. The molecular formula is C15H16F3NO5S. The first-order valence-electron chi connectivity index (χ1n) is 7.65. The molecule has 3 unspecified atom stereocenters. The minimum atomic E-state index is -4.48. The Balaban J connectivity index is 1.78. The molecule has 0 amide bonds. The molecule has 2 saturated heterocycles. The first kappa shape index (κ1) is 18.0. The zero-order chi connectivity index (χ0) is 18.4. The minimum absolute atomic E-state index is 0.0882. The molecule has 2 aliphatic heterocycles. The van der Waals surface area contributed by atoms with Crippen molar-refractivity contribution in [3.05, 3.63) is 24.3 Å². The highest BCUT2D eigenvalue weighted by molar-refractivity contribution is 7.89. The average molecular weight is 379 g/mol. The first-order valence-corrected chi connectivity index (χ1v) is 9.09. The summed E-state index contributed by atoms with van der Waals surface area (Å²) in [4.78, 5) is 11.2. The lowest BCUT2D eigenvalue weighted by Crippen LogP contribution is -2.37. The number of sulfonamides is 1. The van der Waals surface area contributed by atoms with E-state index >= 15 is 0 Å². The molecule has 2 aliphatic rings. The van der Waals surface area contributed by atoms with Gasteiger partial charge in [-0.25, -0.2) is 8.42 Å². The van der Waals surface area contributed by atoms with E-state index in [-0.39, 0.29) is 23.1 Å². The molecule has 0 radical (unpaired) electrons. The molecule has 0 aliphatic carbocycles. The maximum atomic E-state index is 12.8. The van der Waals surface area contributed by atoms with Crippen molar-refractivity contribution in [3.8, 4) is 5.75 Å². The van der Waals surface area contributed by atoms with Crippen LogP contribution in [0, 0.1) is 5.92 Å². The Hall–Kier alpha value is -1.81. The van der Waals surface area contributed by atoms with Crippen molar-refractivity contribution in [1.82, 2.24) is 4.31 Å². The summed E-state index contributed by atoms with van der Waals surface area (Å²) in [5.41, 5.74) is 0. The molecule has 2 fully saturated rings. The topological polar surface area (TPSA) is 83.9 Å². The van der Waals surface area contributed by atoms with Crippen LogP contribution in [-0.2, 0) is 14.8 Å². The summed E-state index contributed by atoms with van der Waals surface area (Å²) >= 11 is 0. The Morgan fingerprint density at radius 3 is 2.40 bits per heavy atom. The lowest BCUT2D eigenvalue weighted by atomic mass is 9.89. The maximum absolute atomic E-state index is 12.8. The number of aliphatic carboxylic acids is 1. The van der Waals surface area contributed by atoms with E-state index in [0.29, 0.717) is 12.8 Å². The van der Waals surface area contributed by atoms with E-state index in [0.717, 1.165) is 12.1 Å². The lowest BCUT2D eigenvalue weighted by molar-refractivity contribution is -0.153. The highest BCUT2D eigenvalue weighted by Gasteiger charge is 2.54. The number of carboxylic acids is 1. The van der Waals surface area contributed by atoms with Gasteiger partial charge in [-0.15, -0.1) is 0 Å². The van der Waals surface area contributed by atoms with E-state index in [1.807, 2.05) is 0 Å². The van der Waals surface area contributed by atoms with Gasteiger partial charge >= 0.3 is 12.1 Å². The fourth-order valence-electron chi connectivity index (χ4n) is 3.57. The van der Waals surface area contributed by atoms with Gasteiger partial charge in [0, 0.05) is 12.1 Å². The van der Waals surface area contributed by atoms with Gasteiger partial charge in [0.2, 0.25) is 10.0 Å². The molecule has 2 bridgehead atoms. The molecule has 10 heteroatoms. The maximum Gasteiger partial charge on any atom is 0.422 e. The van der Waals surface area contributed by atoms with Crippen molar-refractivity contribution in [1.29, 1.82) is 0 Å². The Kier molecular flexibility index (Phi) is 4.44. The largest absolute Gasteiger partial charge is 0.484 e. The number of carbonyl (C=O) groups is 1. The second-order valence-corrected chi connectivity index (χ2v) is 8.03. The summed E-state index contributed by atoms with van der Waals surface area (Å²) in [5, 5.41) is 9.22. The Labute approximate surface area is 142 Å². The van der Waals surface area contributed by atoms with Crippen molar-refractivity contribution in [3.63, 3.8) is 0 Å². The Morgan fingerprint density at radius 2 is 1.88 bits per heavy atom. The van der Waals surface area contributed by atoms with Crippen LogP contribution in [0.5, 0.6) is 5.75 Å². The van der Waals surface area contributed by atoms with Gasteiger partial charge in [0.25, 0.3) is 0 Å². The first-order chi connectivity index (χ1) is 11.6. The molecule has 3 rings (SSSR count). The number of hydrogen-bond acceptors (Lipinski definition) is 4. The molecule has 1 N–H and O–H groups in total. The zero-order valence-corrected chi connectivity index (χ0v) is 13.8. The van der Waals surface area contributed by atoms with E-state index in [4.69, 9.17) is 0 Å². The molecule has 1 aromatic rings. The van der Waals surface area contributed by atoms with Crippen LogP contribution >= 0.6 is 0 Å². The monoisotopic (exact) mass is 379 g/mol. The number of ether oxygens (including phenoxy) is 1. The van der Waals surface area contributed by atoms with E-state index in [1.165, 1.54) is 16.4 Å². The predicted molar refractivity (Wildman–Crippen MR) is 79.6 cm³/mol. The summed E-state index contributed by atoms with van der Waals surface area (Å²) in [5.74, 6) is -1.82. The summed E-state index contributed by atoms with van der Waals surface area (Å²) in [7, 11) is -3.91. The number of hydrogen-bond donors (Lipinski definition) is 1. The number of carboxylic acid groups (broad SMARTS) is 1. The second kappa shape index (κ2) is 6.17. The third kappa shape index (κ3) is 3.45. The van der Waals surface area contributed by atoms with Crippen LogP contribution in [0.4, 0.5) is 13.2 Å². The molecule has 3 atom stereocenters. The van der Waals surface area contributed by atoms with Gasteiger partial charge < -0.3 is 9.84 Å². The minimum Gasteiger partial charge on any atom is -0.484 e. The van der Waals surface area contributed by atoms with Crippen LogP contribution in [-0.4, -0.2) is 48.7 Å². The van der Waals surface area contributed by atoms with Gasteiger partial charge in [0.15, 0.2) is 6.61 Å². The van der Waals surface area contributed by atoms with Crippen molar-refractivity contribution >= 4 is 16.0 Å². The summed E-state index contributed by atoms with van der Waals surface area (Å²) in [6.45, 7) is -1.46. The van der Waals surface area contributed by atoms with Gasteiger partial charge in [0.05, 0.1) is 10.8 Å². The lowest BCUT2D eigenvalue weighted by Gasteiger charge is -2.22. The van der Waals surface area contributed by atoms with Gasteiger partial charge in [-0.2, -0.15) is 17.5 Å². The SMILES string of the molecule is O=C(O)C1CC2CCC1N2S(=O)(=O)c1ccc(OCC(F)(F)F)cc1. The van der Waals surface area contributed by atoms with Crippen LogP contribution in [0.2, 0.25) is 0 Å². The predicted octanol–water partition coefficient (Wildman–Crippen LogP) is 2.25. The number of benzene rings is 1. The average Bonchev–Trinajstić information content (AvgIpc) is 3.11. The van der Waals surface area contributed by atoms with E-state index in [2.05, 4.69) is 4.74 Å². The Morgan fingerprint density at radius 1 is 1.24 bits per heavy atom. The van der Waals surface area contributed by atoms with Crippen LogP contribution in [0.15, 0.2) is 29.2 Å². The fourth-order valence-corrected chi connectivity index (χ4v) is 5.49. The number of halogens is 3. The fraction of sp³-hybridized carbons (Fsp3) is 0.533. The molecule has 6 nitrogen and oxygen atoms in total. The van der Waals surface area contributed by atoms with Gasteiger partial charge in [-0.3, -0.25) is 4.79 Å². The third-order valence-electron chi connectivity index (χ3n) is 4.59. The van der Waals surface area contributed by atoms with Crippen LogP contribution in [0.25, 0.3) is 0 Å². The molecule has 0 spiro atoms. The molecule has 2 heterocycles. The van der Waals surface area contributed by atoms with Crippen molar-refractivity contribution in [2.24, 2.45) is 5.92 Å². The molecule has 0 aromatic heterocycles. The summed E-state index contributed by atoms with van der Waals surface area (Å²) in [6.07, 6.45) is -3.09. The summed E-state index contributed by atoms with van der Waals surface area (Å²) in [6, 6.07) is 3.74. The summed E-state index contributed by atoms with van der Waals surface area (Å²) < 4.78 is 67.8. The molecule has 0 saturated carbocycles. The van der Waals surface area contributed by atoms with Crippen LogP contribution < -0.4 is 4.74 Å². The van der Waals surface area contributed by atoms with Crippen molar-refractivity contribution in [2.45, 2.75) is 42.4 Å². The standard InChI is InChI=1S/C15H16F3NO5S/c16-15(17,18)8-24-10-2-4-11(5-3-10)25(22,23)19-9-1-6-13(19)12(7-9)14(20)21/h2-5,9,12-13H,1,6-8H2,(H,20,21). The molecule has 1 aromatic carbocycles. The van der Waals surface area contributed by atoms with Gasteiger partial charge in [0.1, 0.15) is 5.75 Å². The highest BCUT2D eigenvalue weighted by Crippen LogP contribution is 2.45. The number of rotatable bonds is 5. The van der Waals surface area contributed by atoms with Crippen LogP contribution in [0.3, 0.4) is 0 Å². The van der Waals surface area contributed by atoms with Crippen LogP contribution in [0.1, 0.15) is 19.3 Å². The van der Waals surface area contributed by atoms with E-state index < -0.39 is 40.7 Å².